The van der Waals surface area contributed by atoms with Gasteiger partial charge in [-0.2, -0.15) is 0 Å². The molecule has 0 bridgehead atoms. The lowest BCUT2D eigenvalue weighted by Crippen LogP contribution is -2.43. The first kappa shape index (κ1) is 13.1. The Kier molecular flexibility index (Phi) is 3.37. The highest BCUT2D eigenvalue weighted by Crippen LogP contribution is 2.43. The highest BCUT2D eigenvalue weighted by molar-refractivity contribution is 7.46. The van der Waals surface area contributed by atoms with Crippen LogP contribution in [0.5, 0.6) is 0 Å². The molecule has 1 fully saturated rings. The van der Waals surface area contributed by atoms with Gasteiger partial charge in [0.05, 0.1) is 4.11 Å². The van der Waals surface area contributed by atoms with E-state index in [-0.39, 0.29) is 4.57 Å². The molecule has 0 spiro atoms. The van der Waals surface area contributed by atoms with E-state index in [0.29, 0.717) is 12.3 Å². The number of alkyl halides is 1. The molecule has 0 saturated carbocycles. The molecule has 0 radical (unpaired) electrons. The number of H-pyrrole nitrogens is 1. The first-order valence-electron chi connectivity index (χ1n) is 6.98. The van der Waals surface area contributed by atoms with Crippen LogP contribution in [0.2, 0.25) is 0 Å². The first-order valence-corrected chi connectivity index (χ1v) is 7.01. The molecule has 2 heterocycles. The second-order valence-corrected chi connectivity index (χ2v) is 5.30. The molecule has 1 aliphatic rings. The van der Waals surface area contributed by atoms with Crippen molar-refractivity contribution in [1.82, 2.24) is 9.55 Å². The molecule has 1 aliphatic heterocycles. The maximum absolute atomic E-state index is 14.9. The van der Waals surface area contributed by atoms with Gasteiger partial charge in [0.2, 0.25) is 0 Å². The monoisotopic (exact) mass is 345 g/mol. The Morgan fingerprint density at radius 3 is 2.77 bits per heavy atom. The standard InChI is InChI=1S/C9H12FN2O9P/c10-9(3-20-22(17,18)19)6(15)5(14)7(21-9)12-2-1-4(13)11-8(12)16/h1-2,5-7,14-15H,3H2,(H,11,13,16)(H2,17,18,19)/t5-,6+,7-,9-/m1/s1/i3D2,7D. The van der Waals surface area contributed by atoms with E-state index >= 15 is 0 Å². The van der Waals surface area contributed by atoms with Gasteiger partial charge in [-0.3, -0.25) is 18.9 Å². The van der Waals surface area contributed by atoms with E-state index in [4.69, 9.17) is 13.9 Å². The number of rotatable bonds is 4. The lowest BCUT2D eigenvalue weighted by Gasteiger charge is -2.22. The van der Waals surface area contributed by atoms with Crippen molar-refractivity contribution in [2.45, 2.75) is 24.3 Å². The van der Waals surface area contributed by atoms with Crippen molar-refractivity contribution in [3.05, 3.63) is 33.1 Å². The second kappa shape index (κ2) is 5.66. The summed E-state index contributed by atoms with van der Waals surface area (Å²) in [5.41, 5.74) is -2.28. The van der Waals surface area contributed by atoms with Crippen LogP contribution < -0.4 is 11.2 Å². The van der Waals surface area contributed by atoms with Crippen molar-refractivity contribution in [3.8, 4) is 0 Å². The summed E-state index contributed by atoms with van der Waals surface area (Å²) in [6.45, 7) is -4.04. The third-order valence-corrected chi connectivity index (χ3v) is 2.88. The Balaban J connectivity index is 2.55. The summed E-state index contributed by atoms with van der Waals surface area (Å²) in [5, 5.41) is 19.7. The van der Waals surface area contributed by atoms with Crippen molar-refractivity contribution in [2.24, 2.45) is 0 Å². The van der Waals surface area contributed by atoms with Crippen molar-refractivity contribution in [2.75, 3.05) is 6.56 Å². The van der Waals surface area contributed by atoms with E-state index < -0.39 is 49.9 Å². The van der Waals surface area contributed by atoms with Crippen LogP contribution in [0.4, 0.5) is 4.39 Å². The summed E-state index contributed by atoms with van der Waals surface area (Å²) in [5.74, 6) is -4.16. The summed E-state index contributed by atoms with van der Waals surface area (Å²) < 4.78 is 56.2. The number of aliphatic hydroxyl groups excluding tert-OH is 2. The number of nitrogens with zero attached hydrogens (tertiary/aromatic N) is 1. The largest absolute Gasteiger partial charge is 0.469 e. The van der Waals surface area contributed by atoms with Gasteiger partial charge in [-0.05, 0) is 0 Å². The molecule has 5 N–H and O–H groups in total. The zero-order valence-electron chi connectivity index (χ0n) is 13.4. The van der Waals surface area contributed by atoms with Crippen LogP contribution in [-0.4, -0.2) is 54.2 Å². The predicted molar refractivity (Wildman–Crippen MR) is 65.3 cm³/mol. The summed E-state index contributed by atoms with van der Waals surface area (Å²) in [6.07, 6.45) is -8.10. The minimum absolute atomic E-state index is 0.136. The minimum Gasteiger partial charge on any atom is -0.385 e. The number of aliphatic hydroxyl groups is 2. The molecule has 4 atom stereocenters. The summed E-state index contributed by atoms with van der Waals surface area (Å²) >= 11 is 0. The van der Waals surface area contributed by atoms with Gasteiger partial charge < -0.3 is 24.7 Å². The van der Waals surface area contributed by atoms with E-state index in [0.717, 1.165) is 0 Å². The lowest BCUT2D eigenvalue weighted by molar-refractivity contribution is -0.205. The Labute approximate surface area is 125 Å². The Morgan fingerprint density at radius 2 is 2.23 bits per heavy atom. The second-order valence-electron chi connectivity index (χ2n) is 4.14. The van der Waals surface area contributed by atoms with Gasteiger partial charge in [-0.15, -0.1) is 0 Å². The molecule has 0 aliphatic carbocycles. The molecule has 13 heteroatoms. The Morgan fingerprint density at radius 1 is 1.59 bits per heavy atom. The van der Waals surface area contributed by atoms with Crippen molar-refractivity contribution >= 4 is 7.82 Å². The maximum atomic E-state index is 14.9. The Bertz CT molecular complexity index is 842. The van der Waals surface area contributed by atoms with E-state index in [1.165, 1.54) is 0 Å². The maximum Gasteiger partial charge on any atom is 0.469 e. The molecule has 0 unspecified atom stereocenters. The normalized spacial score (nSPS) is 38.3. The number of phosphoric ester groups is 1. The molecule has 11 nitrogen and oxygen atoms in total. The van der Waals surface area contributed by atoms with Gasteiger partial charge in [0.25, 0.3) is 11.4 Å². The molecule has 2 rings (SSSR count). The molecule has 0 amide bonds. The van der Waals surface area contributed by atoms with Gasteiger partial charge in [0, 0.05) is 12.3 Å². The van der Waals surface area contributed by atoms with Gasteiger partial charge in [0.1, 0.15) is 18.8 Å². The molecular formula is C9H12FN2O9P. The molecule has 124 valence electrons. The van der Waals surface area contributed by atoms with E-state index in [1.807, 2.05) is 0 Å². The minimum atomic E-state index is -5.62. The first-order chi connectivity index (χ1) is 11.1. The fourth-order valence-corrected chi connectivity index (χ4v) is 1.84. The highest BCUT2D eigenvalue weighted by Gasteiger charge is 2.57. The van der Waals surface area contributed by atoms with Gasteiger partial charge in [0.15, 0.2) is 6.20 Å². The number of hydrogen-bond donors (Lipinski definition) is 5. The quantitative estimate of drug-likeness (QED) is 0.372. The predicted octanol–water partition coefficient (Wildman–Crippen LogP) is -2.44. The van der Waals surface area contributed by atoms with Crippen LogP contribution >= 0.6 is 7.82 Å². The smallest absolute Gasteiger partial charge is 0.385 e. The van der Waals surface area contributed by atoms with Crippen LogP contribution in [0.3, 0.4) is 0 Å². The summed E-state index contributed by atoms with van der Waals surface area (Å²) in [7, 11) is -5.62. The molecule has 1 saturated heterocycles. The molecule has 1 aromatic rings. The topological polar surface area (TPSA) is 171 Å². The third kappa shape index (κ3) is 3.33. The van der Waals surface area contributed by atoms with Crippen LogP contribution in [0.25, 0.3) is 0 Å². The van der Waals surface area contributed by atoms with Crippen LogP contribution in [0, 0.1) is 0 Å². The average molecular weight is 345 g/mol. The fraction of sp³-hybridized carbons (Fsp3) is 0.556. The van der Waals surface area contributed by atoms with Crippen molar-refractivity contribution in [3.63, 3.8) is 0 Å². The number of ether oxygens (including phenoxy) is 1. The zero-order chi connectivity index (χ0) is 19.4. The number of aromatic amines is 1. The number of halogens is 1. The third-order valence-electron chi connectivity index (χ3n) is 2.55. The molecule has 0 aromatic carbocycles. The number of hydrogen-bond acceptors (Lipinski definition) is 7. The summed E-state index contributed by atoms with van der Waals surface area (Å²) in [4.78, 5) is 41.7. The van der Waals surface area contributed by atoms with Gasteiger partial charge >= 0.3 is 13.5 Å². The fourth-order valence-electron chi connectivity index (χ4n) is 1.60. The summed E-state index contributed by atoms with van der Waals surface area (Å²) in [6, 6.07) is 0.694. The van der Waals surface area contributed by atoms with E-state index in [2.05, 4.69) is 9.26 Å². The molecule has 1 aromatic heterocycles. The van der Waals surface area contributed by atoms with Crippen molar-refractivity contribution < 1.29 is 42.3 Å². The van der Waals surface area contributed by atoms with Crippen molar-refractivity contribution in [1.29, 1.82) is 0 Å². The van der Waals surface area contributed by atoms with E-state index in [9.17, 15) is 28.8 Å². The van der Waals surface area contributed by atoms with Crippen LogP contribution in [-0.2, 0) is 13.8 Å². The van der Waals surface area contributed by atoms with Crippen LogP contribution in [0.1, 0.15) is 10.3 Å². The van der Waals surface area contributed by atoms with Crippen LogP contribution in [0.15, 0.2) is 21.9 Å². The Hall–Kier alpha value is -1.40. The number of phosphoric acid groups is 1. The SMILES string of the molecule is [2H]C([2H])(OP(=O)(O)O)[C@@]1(F)O[C@@]([2H])(n2ccc(=O)[nH]c2=O)[C@H](O)[C@@H]1O. The zero-order valence-corrected chi connectivity index (χ0v) is 11.3. The average Bonchev–Trinajstić information content (AvgIpc) is 2.59. The number of aromatic nitrogens is 2. The number of nitrogens with one attached hydrogen (secondary N) is 1. The molecular weight excluding hydrogens is 330 g/mol. The lowest BCUT2D eigenvalue weighted by atomic mass is 10.1. The highest BCUT2D eigenvalue weighted by atomic mass is 31.2. The van der Waals surface area contributed by atoms with Gasteiger partial charge in [-0.1, -0.05) is 0 Å². The van der Waals surface area contributed by atoms with Gasteiger partial charge in [-0.25, -0.2) is 13.8 Å². The van der Waals surface area contributed by atoms with E-state index in [1.54, 1.807) is 4.98 Å². The molecule has 22 heavy (non-hydrogen) atoms.